The third kappa shape index (κ3) is 2.81. The maximum Gasteiger partial charge on any atom is 0.339 e. The summed E-state index contributed by atoms with van der Waals surface area (Å²) >= 11 is 0. The van der Waals surface area contributed by atoms with Gasteiger partial charge in [0.25, 0.3) is 0 Å². The molecule has 0 radical (unpaired) electrons. The topological polar surface area (TPSA) is 112 Å². The lowest BCUT2D eigenvalue weighted by atomic mass is 9.57. The van der Waals surface area contributed by atoms with Gasteiger partial charge in [-0.3, -0.25) is 0 Å². The molecule has 0 aromatic carbocycles. The van der Waals surface area contributed by atoms with E-state index in [9.17, 15) is 19.8 Å². The summed E-state index contributed by atoms with van der Waals surface area (Å²) in [6, 6.07) is 0. The van der Waals surface area contributed by atoms with Crippen LogP contribution in [-0.2, 0) is 28.5 Å². The largest absolute Gasteiger partial charge is 0.466 e. The molecule has 2 heterocycles. The average molecular weight is 434 g/mol. The molecule has 2 N–H and O–H groups in total. The lowest BCUT2D eigenvalue weighted by Crippen LogP contribution is -2.63. The number of ether oxygens (including phenoxy) is 4. The van der Waals surface area contributed by atoms with E-state index in [1.165, 1.54) is 21.3 Å². The van der Waals surface area contributed by atoms with E-state index in [0.717, 1.165) is 5.57 Å². The summed E-state index contributed by atoms with van der Waals surface area (Å²) in [6.07, 6.45) is 2.81. The summed E-state index contributed by atoms with van der Waals surface area (Å²) in [5.41, 5.74) is -1.22. The third-order valence-electron chi connectivity index (χ3n) is 7.62. The Morgan fingerprint density at radius 2 is 1.84 bits per heavy atom. The van der Waals surface area contributed by atoms with Crippen molar-refractivity contribution in [2.45, 2.75) is 49.8 Å². The molecule has 2 fully saturated rings. The Kier molecular flexibility index (Phi) is 5.01. The van der Waals surface area contributed by atoms with E-state index >= 15 is 0 Å². The lowest BCUT2D eigenvalue weighted by molar-refractivity contribution is -0.300. The molecule has 1 spiro atoms. The summed E-state index contributed by atoms with van der Waals surface area (Å²) < 4.78 is 22.4. The molecule has 0 aromatic heterocycles. The standard InChI is InChI=1S/C23H30O8/c1-11(2)13-8-23(30-6)15(20(26)29-5)9-22(31-23)14(13)7-12(19(25)28-4)17-16(24)10-21(3,27)18(17)22/h7,9,13-14,16-18,24,27H,1,8,10H2,2-6H3/t13-,14-,16+,17+,18-,21-,22+,23+/m0/s1. The van der Waals surface area contributed by atoms with Gasteiger partial charge in [-0.15, -0.1) is 0 Å². The van der Waals surface area contributed by atoms with Crippen LogP contribution in [0.1, 0.15) is 26.7 Å². The highest BCUT2D eigenvalue weighted by Crippen LogP contribution is 2.66. The van der Waals surface area contributed by atoms with Crippen molar-refractivity contribution in [1.82, 2.24) is 0 Å². The summed E-state index contributed by atoms with van der Waals surface area (Å²) in [5, 5.41) is 22.3. The monoisotopic (exact) mass is 434 g/mol. The minimum atomic E-state index is -1.38. The van der Waals surface area contributed by atoms with Crippen molar-refractivity contribution in [2.75, 3.05) is 21.3 Å². The Morgan fingerprint density at radius 1 is 1.19 bits per heavy atom. The first kappa shape index (κ1) is 22.2. The first-order valence-electron chi connectivity index (χ1n) is 10.4. The zero-order valence-corrected chi connectivity index (χ0v) is 18.5. The molecule has 1 saturated carbocycles. The molecular formula is C23H30O8. The van der Waals surface area contributed by atoms with E-state index in [1.807, 2.05) is 6.92 Å². The van der Waals surface area contributed by atoms with Gasteiger partial charge in [-0.25, -0.2) is 9.59 Å². The fraction of sp³-hybridized carbons (Fsp3) is 0.652. The fourth-order valence-electron chi connectivity index (χ4n) is 6.47. The third-order valence-corrected chi connectivity index (χ3v) is 7.62. The number of carbonyl (C=O) groups is 2. The fourth-order valence-corrected chi connectivity index (χ4v) is 6.47. The van der Waals surface area contributed by atoms with Gasteiger partial charge in [0.05, 0.1) is 31.5 Å². The molecule has 2 aliphatic carbocycles. The number of rotatable bonds is 4. The molecule has 1 saturated heterocycles. The second-order valence-electron chi connectivity index (χ2n) is 9.39. The van der Waals surface area contributed by atoms with Crippen molar-refractivity contribution in [3.8, 4) is 0 Å². The van der Waals surface area contributed by atoms with Crippen LogP contribution in [0.4, 0.5) is 0 Å². The molecule has 0 aromatic rings. The molecular weight excluding hydrogens is 404 g/mol. The molecule has 8 nitrogen and oxygen atoms in total. The normalized spacial score (nSPS) is 45.2. The van der Waals surface area contributed by atoms with Crippen LogP contribution in [0.15, 0.2) is 35.5 Å². The van der Waals surface area contributed by atoms with Gasteiger partial charge in [0.1, 0.15) is 5.60 Å². The number of carbonyl (C=O) groups excluding carboxylic acids is 2. The van der Waals surface area contributed by atoms with E-state index < -0.39 is 52.8 Å². The number of aliphatic hydroxyl groups excluding tert-OH is 1. The van der Waals surface area contributed by atoms with Crippen molar-refractivity contribution < 1.29 is 38.7 Å². The number of hydrogen-bond acceptors (Lipinski definition) is 8. The first-order valence-corrected chi connectivity index (χ1v) is 10.4. The molecule has 2 aliphatic heterocycles. The second kappa shape index (κ2) is 7.00. The van der Waals surface area contributed by atoms with Crippen LogP contribution >= 0.6 is 0 Å². The van der Waals surface area contributed by atoms with Crippen LogP contribution in [0.2, 0.25) is 0 Å². The first-order chi connectivity index (χ1) is 14.5. The maximum atomic E-state index is 12.7. The van der Waals surface area contributed by atoms with E-state index in [0.29, 0.717) is 12.0 Å². The molecule has 8 heteroatoms. The smallest absolute Gasteiger partial charge is 0.339 e. The Morgan fingerprint density at radius 3 is 2.39 bits per heavy atom. The number of aliphatic hydroxyl groups is 2. The predicted octanol–water partition coefficient (Wildman–Crippen LogP) is 1.27. The molecule has 31 heavy (non-hydrogen) atoms. The number of esters is 2. The molecule has 2 bridgehead atoms. The zero-order chi connectivity index (χ0) is 22.9. The summed E-state index contributed by atoms with van der Waals surface area (Å²) in [4.78, 5) is 25.4. The van der Waals surface area contributed by atoms with E-state index in [1.54, 1.807) is 19.1 Å². The van der Waals surface area contributed by atoms with Gasteiger partial charge in [-0.05, 0) is 25.8 Å². The summed E-state index contributed by atoms with van der Waals surface area (Å²) in [5.74, 6) is -4.62. The predicted molar refractivity (Wildman–Crippen MR) is 108 cm³/mol. The highest BCUT2D eigenvalue weighted by molar-refractivity contribution is 5.92. The van der Waals surface area contributed by atoms with E-state index in [-0.39, 0.29) is 17.9 Å². The summed E-state index contributed by atoms with van der Waals surface area (Å²) in [7, 11) is 4.04. The number of allylic oxidation sites excluding steroid dienone is 1. The summed E-state index contributed by atoms with van der Waals surface area (Å²) in [6.45, 7) is 7.64. The number of hydrogen-bond donors (Lipinski definition) is 2. The van der Waals surface area contributed by atoms with E-state index in [2.05, 4.69) is 6.58 Å². The molecule has 8 atom stereocenters. The highest BCUT2D eigenvalue weighted by Gasteiger charge is 2.73. The Balaban J connectivity index is 2.02. The van der Waals surface area contributed by atoms with Crippen LogP contribution in [0.25, 0.3) is 0 Å². The molecule has 4 aliphatic rings. The van der Waals surface area contributed by atoms with E-state index in [4.69, 9.17) is 18.9 Å². The van der Waals surface area contributed by atoms with Crippen LogP contribution < -0.4 is 0 Å². The average Bonchev–Trinajstić information content (AvgIpc) is 3.14. The minimum absolute atomic E-state index is 0.0492. The molecule has 170 valence electrons. The SMILES string of the molecule is C=C(C)[C@@H]1C[C@@]2(OC)O[C@@]3(C=C2C(=O)OC)[C@H]2[C@H](C(C(=O)OC)=C[C@@H]13)[C@H](O)C[C@]2(C)O. The molecule has 0 amide bonds. The number of methoxy groups -OCH3 is 3. The Labute approximate surface area is 181 Å². The Bertz CT molecular complexity index is 901. The van der Waals surface area contributed by atoms with Crippen molar-refractivity contribution in [3.63, 3.8) is 0 Å². The highest BCUT2D eigenvalue weighted by atomic mass is 16.7. The van der Waals surface area contributed by atoms with Gasteiger partial charge in [0, 0.05) is 43.3 Å². The maximum absolute atomic E-state index is 12.7. The van der Waals surface area contributed by atoms with Gasteiger partial charge in [-0.1, -0.05) is 18.2 Å². The van der Waals surface area contributed by atoms with Crippen molar-refractivity contribution in [3.05, 3.63) is 35.5 Å². The van der Waals surface area contributed by atoms with Gasteiger partial charge >= 0.3 is 11.9 Å². The zero-order valence-electron chi connectivity index (χ0n) is 18.5. The van der Waals surface area contributed by atoms with Gasteiger partial charge in [0.15, 0.2) is 0 Å². The molecule has 4 rings (SSSR count). The Hall–Kier alpha value is -2.00. The quantitative estimate of drug-likeness (QED) is 0.503. The van der Waals surface area contributed by atoms with Crippen molar-refractivity contribution in [1.29, 1.82) is 0 Å². The van der Waals surface area contributed by atoms with Gasteiger partial charge in [-0.2, -0.15) is 0 Å². The van der Waals surface area contributed by atoms with Crippen molar-refractivity contribution in [2.24, 2.45) is 23.7 Å². The van der Waals surface area contributed by atoms with Crippen LogP contribution in [-0.4, -0.2) is 66.6 Å². The van der Waals surface area contributed by atoms with Crippen LogP contribution in [0.3, 0.4) is 0 Å². The second-order valence-corrected chi connectivity index (χ2v) is 9.39. The number of fused-ring (bicyclic) bond motifs is 2. The van der Waals surface area contributed by atoms with Gasteiger partial charge in [0.2, 0.25) is 5.79 Å². The molecule has 0 unspecified atom stereocenters. The van der Waals surface area contributed by atoms with Crippen molar-refractivity contribution >= 4 is 11.9 Å². The van der Waals surface area contributed by atoms with Gasteiger partial charge < -0.3 is 29.2 Å². The van der Waals surface area contributed by atoms with Crippen LogP contribution in [0.5, 0.6) is 0 Å². The van der Waals surface area contributed by atoms with Crippen LogP contribution in [0, 0.1) is 23.7 Å². The minimum Gasteiger partial charge on any atom is -0.466 e. The lowest BCUT2D eigenvalue weighted by Gasteiger charge is -2.56.